The van der Waals surface area contributed by atoms with E-state index in [0.29, 0.717) is 24.2 Å². The zero-order chi connectivity index (χ0) is 19.7. The molecule has 7 heteroatoms. The van der Waals surface area contributed by atoms with Gasteiger partial charge in [0.05, 0.1) is 40.2 Å². The maximum Gasteiger partial charge on any atom is 0.338 e. The number of nitrogens with zero attached hydrogens (tertiary/aromatic N) is 3. The Kier molecular flexibility index (Phi) is 5.41. The van der Waals surface area contributed by atoms with Crippen molar-refractivity contribution in [3.8, 4) is 0 Å². The van der Waals surface area contributed by atoms with Gasteiger partial charge in [-0.1, -0.05) is 0 Å². The SMILES string of the molecule is Cc1nc2ccc(C(=O)OC(C)C(=O)N3CC(C)OC(C)C3)cc2nc1C. The quantitative estimate of drug-likeness (QED) is 0.771. The first-order valence-electron chi connectivity index (χ1n) is 9.15. The van der Waals surface area contributed by atoms with Gasteiger partial charge in [-0.2, -0.15) is 0 Å². The summed E-state index contributed by atoms with van der Waals surface area (Å²) < 4.78 is 11.0. The molecule has 2 heterocycles. The molecule has 3 rings (SSSR count). The van der Waals surface area contributed by atoms with Crippen molar-refractivity contribution in [1.82, 2.24) is 14.9 Å². The number of amides is 1. The summed E-state index contributed by atoms with van der Waals surface area (Å²) in [5.41, 5.74) is 3.36. The molecule has 0 spiro atoms. The molecule has 7 nitrogen and oxygen atoms in total. The summed E-state index contributed by atoms with van der Waals surface area (Å²) in [7, 11) is 0. The van der Waals surface area contributed by atoms with Crippen molar-refractivity contribution in [3.05, 3.63) is 35.2 Å². The smallest absolute Gasteiger partial charge is 0.338 e. The largest absolute Gasteiger partial charge is 0.449 e. The zero-order valence-corrected chi connectivity index (χ0v) is 16.4. The molecule has 1 aromatic heterocycles. The summed E-state index contributed by atoms with van der Waals surface area (Å²) in [6, 6.07) is 5.03. The van der Waals surface area contributed by atoms with Crippen LogP contribution < -0.4 is 0 Å². The van der Waals surface area contributed by atoms with Crippen molar-refractivity contribution in [1.29, 1.82) is 0 Å². The highest BCUT2D eigenvalue weighted by molar-refractivity contribution is 5.95. The topological polar surface area (TPSA) is 81.6 Å². The van der Waals surface area contributed by atoms with E-state index in [0.717, 1.165) is 16.9 Å². The number of rotatable bonds is 3. The van der Waals surface area contributed by atoms with Crippen LogP contribution in [0.2, 0.25) is 0 Å². The molecule has 0 bridgehead atoms. The fourth-order valence-corrected chi connectivity index (χ4v) is 3.25. The van der Waals surface area contributed by atoms with Crippen molar-refractivity contribution in [2.75, 3.05) is 13.1 Å². The van der Waals surface area contributed by atoms with E-state index in [2.05, 4.69) is 9.97 Å². The molecule has 27 heavy (non-hydrogen) atoms. The molecule has 1 aliphatic heterocycles. The highest BCUT2D eigenvalue weighted by Crippen LogP contribution is 2.17. The first-order chi connectivity index (χ1) is 12.7. The molecule has 1 fully saturated rings. The zero-order valence-electron chi connectivity index (χ0n) is 16.4. The van der Waals surface area contributed by atoms with Crippen LogP contribution in [0, 0.1) is 13.8 Å². The number of hydrogen-bond acceptors (Lipinski definition) is 6. The summed E-state index contributed by atoms with van der Waals surface area (Å²) in [6.45, 7) is 10.2. The molecule has 1 amide bonds. The Morgan fingerprint density at radius 2 is 1.70 bits per heavy atom. The van der Waals surface area contributed by atoms with Gasteiger partial charge in [0.15, 0.2) is 6.10 Å². The van der Waals surface area contributed by atoms with E-state index in [-0.39, 0.29) is 18.1 Å². The van der Waals surface area contributed by atoms with Gasteiger partial charge in [0, 0.05) is 13.1 Å². The minimum absolute atomic E-state index is 0.0358. The molecule has 1 aliphatic rings. The third-order valence-corrected chi connectivity index (χ3v) is 4.67. The van der Waals surface area contributed by atoms with Crippen LogP contribution in [0.5, 0.6) is 0 Å². The molecule has 0 aliphatic carbocycles. The van der Waals surface area contributed by atoms with E-state index in [4.69, 9.17) is 9.47 Å². The minimum atomic E-state index is -0.864. The van der Waals surface area contributed by atoms with Gasteiger partial charge in [-0.25, -0.2) is 14.8 Å². The van der Waals surface area contributed by atoms with E-state index in [1.807, 2.05) is 27.7 Å². The Balaban J connectivity index is 1.71. The van der Waals surface area contributed by atoms with Gasteiger partial charge in [0.25, 0.3) is 5.91 Å². The maximum atomic E-state index is 12.6. The van der Waals surface area contributed by atoms with Crippen molar-refractivity contribution in [2.24, 2.45) is 0 Å². The Hall–Kier alpha value is -2.54. The second-order valence-electron chi connectivity index (χ2n) is 7.15. The lowest BCUT2D eigenvalue weighted by Gasteiger charge is -2.36. The number of aromatic nitrogens is 2. The van der Waals surface area contributed by atoms with Crippen LogP contribution in [-0.4, -0.2) is 58.1 Å². The van der Waals surface area contributed by atoms with E-state index in [9.17, 15) is 9.59 Å². The molecule has 2 aromatic rings. The number of fused-ring (bicyclic) bond motifs is 1. The van der Waals surface area contributed by atoms with Crippen LogP contribution >= 0.6 is 0 Å². The number of hydrogen-bond donors (Lipinski definition) is 0. The van der Waals surface area contributed by atoms with E-state index in [1.165, 1.54) is 0 Å². The average molecular weight is 371 g/mol. The lowest BCUT2D eigenvalue weighted by atomic mass is 10.1. The Morgan fingerprint density at radius 3 is 2.33 bits per heavy atom. The Bertz CT molecular complexity index is 873. The Morgan fingerprint density at radius 1 is 1.11 bits per heavy atom. The third-order valence-electron chi connectivity index (χ3n) is 4.67. The van der Waals surface area contributed by atoms with Gasteiger partial charge in [0.2, 0.25) is 0 Å². The van der Waals surface area contributed by atoms with Gasteiger partial charge < -0.3 is 14.4 Å². The van der Waals surface area contributed by atoms with Gasteiger partial charge in [-0.05, 0) is 52.8 Å². The molecule has 0 N–H and O–H groups in total. The van der Waals surface area contributed by atoms with Crippen molar-refractivity contribution in [2.45, 2.75) is 52.9 Å². The monoisotopic (exact) mass is 371 g/mol. The molecule has 144 valence electrons. The number of esters is 1. The van der Waals surface area contributed by atoms with E-state index in [1.54, 1.807) is 30.0 Å². The molecule has 1 saturated heterocycles. The predicted octanol–water partition coefficient (Wildman–Crippen LogP) is 2.43. The number of ether oxygens (including phenoxy) is 2. The standard InChI is InChI=1S/C20H25N3O4/c1-11-9-23(10-12(2)26-11)19(24)15(5)27-20(25)16-6-7-17-18(8-16)22-14(4)13(3)21-17/h6-8,11-12,15H,9-10H2,1-5H3. The minimum Gasteiger partial charge on any atom is -0.449 e. The van der Waals surface area contributed by atoms with E-state index < -0.39 is 12.1 Å². The van der Waals surface area contributed by atoms with Crippen LogP contribution in [0.4, 0.5) is 0 Å². The molecule has 0 radical (unpaired) electrons. The van der Waals surface area contributed by atoms with Gasteiger partial charge >= 0.3 is 5.97 Å². The summed E-state index contributed by atoms with van der Waals surface area (Å²) >= 11 is 0. The van der Waals surface area contributed by atoms with Crippen molar-refractivity contribution >= 4 is 22.9 Å². The number of aryl methyl sites for hydroxylation is 2. The highest BCUT2D eigenvalue weighted by atomic mass is 16.5. The number of carbonyl (C=O) groups excluding carboxylic acids is 2. The van der Waals surface area contributed by atoms with Crippen molar-refractivity contribution in [3.63, 3.8) is 0 Å². The number of benzene rings is 1. The molecule has 3 unspecified atom stereocenters. The normalized spacial score (nSPS) is 21.1. The maximum absolute atomic E-state index is 12.6. The van der Waals surface area contributed by atoms with Crippen LogP contribution in [-0.2, 0) is 14.3 Å². The highest BCUT2D eigenvalue weighted by Gasteiger charge is 2.30. The first kappa shape index (κ1) is 19.2. The van der Waals surface area contributed by atoms with Gasteiger partial charge in [-0.3, -0.25) is 4.79 Å². The number of morpholine rings is 1. The summed E-state index contributed by atoms with van der Waals surface area (Å²) in [5.74, 6) is -0.760. The lowest BCUT2D eigenvalue weighted by Crippen LogP contribution is -2.51. The second-order valence-corrected chi connectivity index (χ2v) is 7.15. The molecule has 3 atom stereocenters. The van der Waals surface area contributed by atoms with Crippen LogP contribution in [0.3, 0.4) is 0 Å². The van der Waals surface area contributed by atoms with Crippen LogP contribution in [0.1, 0.15) is 42.5 Å². The average Bonchev–Trinajstić information content (AvgIpc) is 2.60. The second kappa shape index (κ2) is 7.60. The summed E-state index contributed by atoms with van der Waals surface area (Å²) in [6.07, 6.45) is -0.936. The van der Waals surface area contributed by atoms with Crippen molar-refractivity contribution < 1.29 is 19.1 Å². The molecular weight excluding hydrogens is 346 g/mol. The lowest BCUT2D eigenvalue weighted by molar-refractivity contribution is -0.151. The number of carbonyl (C=O) groups is 2. The Labute approximate surface area is 158 Å². The molecular formula is C20H25N3O4. The van der Waals surface area contributed by atoms with Gasteiger partial charge in [0.1, 0.15) is 0 Å². The third kappa shape index (κ3) is 4.24. The first-order valence-corrected chi connectivity index (χ1v) is 9.15. The summed E-state index contributed by atoms with van der Waals surface area (Å²) in [5, 5.41) is 0. The van der Waals surface area contributed by atoms with E-state index >= 15 is 0 Å². The fourth-order valence-electron chi connectivity index (χ4n) is 3.25. The fraction of sp³-hybridized carbons (Fsp3) is 0.500. The predicted molar refractivity (Wildman–Crippen MR) is 100 cm³/mol. The van der Waals surface area contributed by atoms with Gasteiger partial charge in [-0.15, -0.1) is 0 Å². The van der Waals surface area contributed by atoms with Crippen LogP contribution in [0.15, 0.2) is 18.2 Å². The molecule has 0 saturated carbocycles. The molecule has 1 aromatic carbocycles. The summed E-state index contributed by atoms with van der Waals surface area (Å²) in [4.78, 5) is 35.7. The van der Waals surface area contributed by atoms with Crippen LogP contribution in [0.25, 0.3) is 11.0 Å².